The van der Waals surface area contributed by atoms with Gasteiger partial charge in [0.1, 0.15) is 0 Å². The van der Waals surface area contributed by atoms with E-state index in [0.717, 1.165) is 23.5 Å². The maximum absolute atomic E-state index is 12.2. The number of hydrogen-bond acceptors (Lipinski definition) is 7. The van der Waals surface area contributed by atoms with E-state index in [1.165, 1.54) is 41.5 Å². The highest BCUT2D eigenvalue weighted by atomic mass is 32.2. The normalized spacial score (nSPS) is 10.9. The van der Waals surface area contributed by atoms with Gasteiger partial charge in [-0.25, -0.2) is 4.98 Å². The molecular weight excluding hydrogens is 440 g/mol. The van der Waals surface area contributed by atoms with Crippen molar-refractivity contribution < 1.29 is 4.79 Å². The van der Waals surface area contributed by atoms with Crippen LogP contribution in [0.15, 0.2) is 65.1 Å². The van der Waals surface area contributed by atoms with Crippen molar-refractivity contribution in [2.24, 2.45) is 0 Å². The van der Waals surface area contributed by atoms with Gasteiger partial charge < -0.3 is 0 Å². The third kappa shape index (κ3) is 5.23. The van der Waals surface area contributed by atoms with Crippen molar-refractivity contribution in [1.29, 1.82) is 0 Å². The summed E-state index contributed by atoms with van der Waals surface area (Å²) in [6, 6.07) is 17.9. The van der Waals surface area contributed by atoms with E-state index in [-0.39, 0.29) is 5.91 Å². The summed E-state index contributed by atoms with van der Waals surface area (Å²) in [4.78, 5) is 18.5. The van der Waals surface area contributed by atoms with Crippen LogP contribution in [0.4, 0.5) is 10.8 Å². The van der Waals surface area contributed by atoms with E-state index in [0.29, 0.717) is 16.0 Å². The number of rotatable bonds is 9. The standard InChI is InChI=1S/C23H24N6OS2/c1-3-4-8-18-11-13-21(14-12-18)29-23(25-26-27-29)32-16-19-15-31-22(24-19)28(17(2)30)20-9-6-5-7-10-20/h5-7,9-15H,3-4,8,16H2,1-2H3. The fraction of sp³-hybridized carbons (Fsp3) is 0.261. The number of carbonyl (C=O) groups excluding carboxylic acids is 1. The Morgan fingerprint density at radius 2 is 1.91 bits per heavy atom. The van der Waals surface area contributed by atoms with Crippen molar-refractivity contribution in [1.82, 2.24) is 25.2 Å². The minimum atomic E-state index is -0.0731. The van der Waals surface area contributed by atoms with E-state index in [2.05, 4.69) is 51.7 Å². The maximum atomic E-state index is 12.2. The molecular formula is C23H24N6OS2. The predicted octanol–water partition coefficient (Wildman–Crippen LogP) is 5.44. The zero-order valence-electron chi connectivity index (χ0n) is 18.0. The number of carbonyl (C=O) groups is 1. The van der Waals surface area contributed by atoms with Crippen LogP contribution in [0.25, 0.3) is 5.69 Å². The number of anilines is 2. The second-order valence-electron chi connectivity index (χ2n) is 7.24. The molecule has 0 N–H and O–H groups in total. The fourth-order valence-corrected chi connectivity index (χ4v) is 5.00. The molecule has 4 rings (SSSR count). The summed E-state index contributed by atoms with van der Waals surface area (Å²) in [5.41, 5.74) is 3.94. The first-order chi connectivity index (χ1) is 15.7. The third-order valence-corrected chi connectivity index (χ3v) is 6.68. The predicted molar refractivity (Wildman–Crippen MR) is 129 cm³/mol. The van der Waals surface area contributed by atoms with Crippen molar-refractivity contribution in [3.05, 3.63) is 71.2 Å². The van der Waals surface area contributed by atoms with E-state index in [1.807, 2.05) is 35.7 Å². The Bertz CT molecular complexity index is 1160. The Hall–Kier alpha value is -3.04. The van der Waals surface area contributed by atoms with Gasteiger partial charge in [-0.3, -0.25) is 9.69 Å². The lowest BCUT2D eigenvalue weighted by Crippen LogP contribution is -2.22. The molecule has 0 aliphatic rings. The Morgan fingerprint density at radius 3 is 2.62 bits per heavy atom. The molecule has 2 aromatic heterocycles. The number of nitrogens with zero attached hydrogens (tertiary/aromatic N) is 6. The van der Waals surface area contributed by atoms with Gasteiger partial charge in [-0.2, -0.15) is 4.68 Å². The molecule has 0 aliphatic carbocycles. The molecule has 2 aromatic carbocycles. The molecule has 0 spiro atoms. The Labute approximate surface area is 195 Å². The molecule has 164 valence electrons. The number of tetrazole rings is 1. The molecule has 0 radical (unpaired) electrons. The van der Waals surface area contributed by atoms with Crippen molar-refractivity contribution in [2.75, 3.05) is 4.90 Å². The molecule has 4 aromatic rings. The van der Waals surface area contributed by atoms with Crippen LogP contribution >= 0.6 is 23.1 Å². The number of benzene rings is 2. The first-order valence-corrected chi connectivity index (χ1v) is 12.3. The minimum Gasteiger partial charge on any atom is -0.274 e. The van der Waals surface area contributed by atoms with E-state index in [4.69, 9.17) is 0 Å². The molecule has 32 heavy (non-hydrogen) atoms. The van der Waals surface area contributed by atoms with Gasteiger partial charge in [0.25, 0.3) is 0 Å². The van der Waals surface area contributed by atoms with Gasteiger partial charge in [0, 0.05) is 18.1 Å². The highest BCUT2D eigenvalue weighted by Gasteiger charge is 2.18. The summed E-state index contributed by atoms with van der Waals surface area (Å²) in [5, 5.41) is 15.5. The van der Waals surface area contributed by atoms with Gasteiger partial charge in [0.15, 0.2) is 5.13 Å². The summed E-state index contributed by atoms with van der Waals surface area (Å²) in [7, 11) is 0. The van der Waals surface area contributed by atoms with E-state index in [1.54, 1.807) is 16.5 Å². The maximum Gasteiger partial charge on any atom is 0.230 e. The number of aryl methyl sites for hydroxylation is 1. The topological polar surface area (TPSA) is 76.8 Å². The molecule has 0 saturated heterocycles. The molecule has 7 nitrogen and oxygen atoms in total. The van der Waals surface area contributed by atoms with Gasteiger partial charge in [-0.05, 0) is 53.1 Å². The number of hydrogen-bond donors (Lipinski definition) is 0. The molecule has 9 heteroatoms. The van der Waals surface area contributed by atoms with Crippen LogP contribution in [0.1, 0.15) is 37.9 Å². The first kappa shape index (κ1) is 22.2. The molecule has 2 heterocycles. The molecule has 0 saturated carbocycles. The molecule has 0 unspecified atom stereocenters. The quantitative estimate of drug-likeness (QED) is 0.307. The zero-order chi connectivity index (χ0) is 22.3. The summed E-state index contributed by atoms with van der Waals surface area (Å²) in [6.45, 7) is 3.74. The van der Waals surface area contributed by atoms with Crippen LogP contribution in [-0.2, 0) is 17.0 Å². The van der Waals surface area contributed by atoms with E-state index in [9.17, 15) is 4.79 Å². The van der Waals surface area contributed by atoms with Crippen LogP contribution in [0.2, 0.25) is 0 Å². The molecule has 0 atom stereocenters. The molecule has 0 bridgehead atoms. The van der Waals surface area contributed by atoms with Crippen LogP contribution in [-0.4, -0.2) is 31.1 Å². The highest BCUT2D eigenvalue weighted by Crippen LogP contribution is 2.31. The lowest BCUT2D eigenvalue weighted by atomic mass is 10.1. The van der Waals surface area contributed by atoms with Crippen LogP contribution in [0.5, 0.6) is 0 Å². The minimum absolute atomic E-state index is 0.0731. The van der Waals surface area contributed by atoms with Gasteiger partial charge >= 0.3 is 0 Å². The number of thioether (sulfide) groups is 1. The zero-order valence-corrected chi connectivity index (χ0v) is 19.6. The Balaban J connectivity index is 1.45. The number of para-hydroxylation sites is 1. The van der Waals surface area contributed by atoms with Crippen molar-refractivity contribution in [2.45, 2.75) is 44.0 Å². The molecule has 0 fully saturated rings. The summed E-state index contributed by atoms with van der Waals surface area (Å²) in [6.07, 6.45) is 3.45. The average molecular weight is 465 g/mol. The lowest BCUT2D eigenvalue weighted by molar-refractivity contribution is -0.115. The average Bonchev–Trinajstić information content (AvgIpc) is 3.47. The number of amides is 1. The second-order valence-corrected chi connectivity index (χ2v) is 9.02. The van der Waals surface area contributed by atoms with Crippen molar-refractivity contribution >= 4 is 39.8 Å². The van der Waals surface area contributed by atoms with E-state index < -0.39 is 0 Å². The monoisotopic (exact) mass is 464 g/mol. The number of thiazole rings is 1. The van der Waals surface area contributed by atoms with Gasteiger partial charge in [-0.15, -0.1) is 16.4 Å². The van der Waals surface area contributed by atoms with Crippen molar-refractivity contribution in [3.63, 3.8) is 0 Å². The first-order valence-electron chi connectivity index (χ1n) is 10.5. The van der Waals surface area contributed by atoms with Crippen LogP contribution in [0, 0.1) is 0 Å². The lowest BCUT2D eigenvalue weighted by Gasteiger charge is -2.17. The fourth-order valence-electron chi connectivity index (χ4n) is 3.22. The largest absolute Gasteiger partial charge is 0.274 e. The van der Waals surface area contributed by atoms with Gasteiger partial charge in [0.05, 0.1) is 17.1 Å². The smallest absolute Gasteiger partial charge is 0.230 e. The van der Waals surface area contributed by atoms with Crippen LogP contribution < -0.4 is 4.90 Å². The van der Waals surface area contributed by atoms with Gasteiger partial charge in [0.2, 0.25) is 11.1 Å². The second kappa shape index (κ2) is 10.5. The highest BCUT2D eigenvalue weighted by molar-refractivity contribution is 7.98. The summed E-state index contributed by atoms with van der Waals surface area (Å²) in [5.74, 6) is 0.530. The Kier molecular flexibility index (Phi) is 7.28. The van der Waals surface area contributed by atoms with E-state index >= 15 is 0 Å². The number of unbranched alkanes of at least 4 members (excludes halogenated alkanes) is 1. The summed E-state index contributed by atoms with van der Waals surface area (Å²) >= 11 is 2.97. The Morgan fingerprint density at radius 1 is 1.12 bits per heavy atom. The van der Waals surface area contributed by atoms with Gasteiger partial charge in [-0.1, -0.05) is 55.4 Å². The SMILES string of the molecule is CCCCc1ccc(-n2nnnc2SCc2csc(N(C(C)=O)c3ccccc3)n2)cc1. The summed E-state index contributed by atoms with van der Waals surface area (Å²) < 4.78 is 1.74. The van der Waals surface area contributed by atoms with Crippen LogP contribution in [0.3, 0.4) is 0 Å². The number of aromatic nitrogens is 5. The third-order valence-electron chi connectivity index (χ3n) is 4.85. The molecule has 0 aliphatic heterocycles. The van der Waals surface area contributed by atoms with Crippen molar-refractivity contribution in [3.8, 4) is 5.69 Å². The molecule has 1 amide bonds.